The molecule has 1 aliphatic rings. The third-order valence-corrected chi connectivity index (χ3v) is 2.13. The van der Waals surface area contributed by atoms with Gasteiger partial charge in [-0.1, -0.05) is 0 Å². The van der Waals surface area contributed by atoms with Crippen LogP contribution in [0.2, 0.25) is 0 Å². The summed E-state index contributed by atoms with van der Waals surface area (Å²) in [5, 5.41) is 0. The third-order valence-electron chi connectivity index (χ3n) is 2.13. The molecule has 0 unspecified atom stereocenters. The maximum Gasteiger partial charge on any atom is 0.184 e. The zero-order chi connectivity index (χ0) is 10.8. The zero-order valence-corrected chi connectivity index (χ0v) is 7.70. The predicted octanol–water partition coefficient (Wildman–Crippen LogP) is 1.82. The van der Waals surface area contributed by atoms with E-state index in [0.717, 1.165) is 12.1 Å². The van der Waals surface area contributed by atoms with Gasteiger partial charge in [-0.25, -0.2) is 8.78 Å². The highest BCUT2D eigenvalue weighted by Crippen LogP contribution is 2.27. The summed E-state index contributed by atoms with van der Waals surface area (Å²) in [4.78, 5) is 10.6. The van der Waals surface area contributed by atoms with Gasteiger partial charge in [0.25, 0.3) is 0 Å². The van der Waals surface area contributed by atoms with Crippen LogP contribution >= 0.6 is 0 Å². The van der Waals surface area contributed by atoms with E-state index >= 15 is 0 Å². The van der Waals surface area contributed by atoms with Crippen molar-refractivity contribution in [2.45, 2.75) is 6.29 Å². The smallest absolute Gasteiger partial charge is 0.184 e. The van der Waals surface area contributed by atoms with Crippen molar-refractivity contribution in [3.8, 4) is 0 Å². The summed E-state index contributed by atoms with van der Waals surface area (Å²) in [6.07, 6.45) is -0.330. The van der Waals surface area contributed by atoms with E-state index in [0.29, 0.717) is 19.5 Å². The van der Waals surface area contributed by atoms with Gasteiger partial charge in [-0.3, -0.25) is 4.79 Å². The zero-order valence-electron chi connectivity index (χ0n) is 7.70. The molecule has 0 spiro atoms. The normalized spacial score (nSPS) is 16.9. The Morgan fingerprint density at radius 1 is 1.20 bits per heavy atom. The minimum absolute atomic E-state index is 0.0424. The molecule has 5 heteroatoms. The van der Waals surface area contributed by atoms with Crippen molar-refractivity contribution in [3.63, 3.8) is 0 Å². The van der Waals surface area contributed by atoms with Crippen LogP contribution < -0.4 is 0 Å². The van der Waals surface area contributed by atoms with Gasteiger partial charge >= 0.3 is 0 Å². The van der Waals surface area contributed by atoms with Gasteiger partial charge in [-0.2, -0.15) is 0 Å². The first kappa shape index (κ1) is 10.2. The van der Waals surface area contributed by atoms with Gasteiger partial charge in [0, 0.05) is 11.1 Å². The number of hydrogen-bond acceptors (Lipinski definition) is 3. The van der Waals surface area contributed by atoms with Crippen LogP contribution in [0.3, 0.4) is 0 Å². The molecule has 0 aromatic heterocycles. The molecule has 0 N–H and O–H groups in total. The molecule has 1 saturated heterocycles. The van der Waals surface area contributed by atoms with E-state index in [2.05, 4.69) is 0 Å². The molecular weight excluding hydrogens is 206 g/mol. The van der Waals surface area contributed by atoms with Crippen molar-refractivity contribution in [2.24, 2.45) is 0 Å². The SMILES string of the molecule is O=Cc1cc(F)c(F)cc1C1OCCO1. The molecule has 80 valence electrons. The largest absolute Gasteiger partial charge is 0.346 e. The lowest BCUT2D eigenvalue weighted by molar-refractivity contribution is -0.0446. The Morgan fingerprint density at radius 3 is 2.40 bits per heavy atom. The first-order chi connectivity index (χ1) is 7.22. The van der Waals surface area contributed by atoms with E-state index < -0.39 is 17.9 Å². The Labute approximate surface area is 84.6 Å². The third kappa shape index (κ3) is 1.88. The Bertz CT molecular complexity index is 386. The molecule has 1 aromatic carbocycles. The Balaban J connectivity index is 2.43. The summed E-state index contributed by atoms with van der Waals surface area (Å²) in [6, 6.07) is 1.76. The van der Waals surface area contributed by atoms with Crippen LogP contribution in [0, 0.1) is 11.6 Å². The highest BCUT2D eigenvalue weighted by Gasteiger charge is 2.23. The average molecular weight is 214 g/mol. The van der Waals surface area contributed by atoms with Crippen molar-refractivity contribution >= 4 is 6.29 Å². The van der Waals surface area contributed by atoms with Crippen LogP contribution in [-0.2, 0) is 9.47 Å². The molecule has 0 atom stereocenters. The predicted molar refractivity (Wildman–Crippen MR) is 46.4 cm³/mol. The minimum atomic E-state index is -1.06. The average Bonchev–Trinajstić information content (AvgIpc) is 2.74. The maximum absolute atomic E-state index is 12.9. The van der Waals surface area contributed by atoms with Gasteiger partial charge in [-0.15, -0.1) is 0 Å². The van der Waals surface area contributed by atoms with Crippen LogP contribution in [0.15, 0.2) is 12.1 Å². The molecular formula is C10H8F2O3. The van der Waals surface area contributed by atoms with Crippen molar-refractivity contribution < 1.29 is 23.0 Å². The molecule has 0 aliphatic carbocycles. The van der Waals surface area contributed by atoms with E-state index in [9.17, 15) is 13.6 Å². The molecule has 1 heterocycles. The fourth-order valence-corrected chi connectivity index (χ4v) is 1.42. The van der Waals surface area contributed by atoms with Crippen LogP contribution in [0.4, 0.5) is 8.78 Å². The minimum Gasteiger partial charge on any atom is -0.346 e. The van der Waals surface area contributed by atoms with Gasteiger partial charge in [0.05, 0.1) is 13.2 Å². The lowest BCUT2D eigenvalue weighted by Gasteiger charge is -2.11. The fraction of sp³-hybridized carbons (Fsp3) is 0.300. The van der Waals surface area contributed by atoms with Crippen LogP contribution in [0.25, 0.3) is 0 Å². The van der Waals surface area contributed by atoms with E-state index in [1.165, 1.54) is 0 Å². The highest BCUT2D eigenvalue weighted by molar-refractivity contribution is 5.77. The van der Waals surface area contributed by atoms with Crippen LogP contribution in [-0.4, -0.2) is 19.5 Å². The van der Waals surface area contributed by atoms with Crippen molar-refractivity contribution in [3.05, 3.63) is 34.9 Å². The molecule has 3 nitrogen and oxygen atoms in total. The lowest BCUT2D eigenvalue weighted by Crippen LogP contribution is -2.04. The Hall–Kier alpha value is -1.33. The van der Waals surface area contributed by atoms with Crippen molar-refractivity contribution in [1.82, 2.24) is 0 Å². The highest BCUT2D eigenvalue weighted by atomic mass is 19.2. The topological polar surface area (TPSA) is 35.5 Å². The molecule has 1 aromatic rings. The van der Waals surface area contributed by atoms with E-state index in [1.54, 1.807) is 0 Å². The Kier molecular flexibility index (Phi) is 2.75. The molecule has 1 fully saturated rings. The van der Waals surface area contributed by atoms with Crippen molar-refractivity contribution in [2.75, 3.05) is 13.2 Å². The van der Waals surface area contributed by atoms with E-state index in [1.807, 2.05) is 0 Å². The number of carbonyl (C=O) groups is 1. The van der Waals surface area contributed by atoms with Gasteiger partial charge < -0.3 is 9.47 Å². The molecule has 0 saturated carbocycles. The molecule has 0 amide bonds. The van der Waals surface area contributed by atoms with Gasteiger partial charge in [0.1, 0.15) is 0 Å². The second-order valence-electron chi connectivity index (χ2n) is 3.09. The quantitative estimate of drug-likeness (QED) is 0.704. The van der Waals surface area contributed by atoms with Crippen LogP contribution in [0.1, 0.15) is 22.2 Å². The standard InChI is InChI=1S/C10H8F2O3/c11-8-3-6(5-13)7(4-9(8)12)10-14-1-2-15-10/h3-5,10H,1-2H2. The van der Waals surface area contributed by atoms with E-state index in [4.69, 9.17) is 9.47 Å². The molecule has 2 rings (SSSR count). The maximum atomic E-state index is 12.9. The monoisotopic (exact) mass is 214 g/mol. The number of rotatable bonds is 2. The number of halogens is 2. The number of ether oxygens (including phenoxy) is 2. The molecule has 1 aliphatic heterocycles. The molecule has 0 radical (unpaired) electrons. The summed E-state index contributed by atoms with van der Waals surface area (Å²) in [6.45, 7) is 0.754. The van der Waals surface area contributed by atoms with Gasteiger partial charge in [-0.05, 0) is 12.1 Å². The molecule has 15 heavy (non-hydrogen) atoms. The number of benzene rings is 1. The van der Waals surface area contributed by atoms with Crippen molar-refractivity contribution in [1.29, 1.82) is 0 Å². The summed E-state index contributed by atoms with van der Waals surface area (Å²) in [5.41, 5.74) is 0.266. The van der Waals surface area contributed by atoms with Gasteiger partial charge in [0.15, 0.2) is 24.2 Å². The summed E-state index contributed by atoms with van der Waals surface area (Å²) >= 11 is 0. The first-order valence-corrected chi connectivity index (χ1v) is 4.39. The van der Waals surface area contributed by atoms with Gasteiger partial charge in [0.2, 0.25) is 0 Å². The Morgan fingerprint density at radius 2 is 1.80 bits per heavy atom. The first-order valence-electron chi connectivity index (χ1n) is 4.39. The lowest BCUT2D eigenvalue weighted by atomic mass is 10.1. The van der Waals surface area contributed by atoms with Crippen LogP contribution in [0.5, 0.6) is 0 Å². The number of hydrogen-bond donors (Lipinski definition) is 0. The fourth-order valence-electron chi connectivity index (χ4n) is 1.42. The second-order valence-corrected chi connectivity index (χ2v) is 3.09. The summed E-state index contributed by atoms with van der Waals surface area (Å²) in [7, 11) is 0. The second kappa shape index (κ2) is 4.04. The number of aldehydes is 1. The molecule has 0 bridgehead atoms. The van der Waals surface area contributed by atoms with E-state index in [-0.39, 0.29) is 11.1 Å². The summed E-state index contributed by atoms with van der Waals surface area (Å²) in [5.74, 6) is -2.08. The summed E-state index contributed by atoms with van der Waals surface area (Å²) < 4.78 is 36.0. The number of carbonyl (C=O) groups excluding carboxylic acids is 1.